The van der Waals surface area contributed by atoms with Crippen LogP contribution in [-0.4, -0.2) is 0 Å². The highest BCUT2D eigenvalue weighted by molar-refractivity contribution is 8.59. The van der Waals surface area contributed by atoms with Crippen LogP contribution < -0.4 is 5.32 Å². The second kappa shape index (κ2) is 11.7. The van der Waals surface area contributed by atoms with Crippen LogP contribution in [0.25, 0.3) is 11.1 Å². The largest absolute Gasteiger partial charge is 0.356 e. The van der Waals surface area contributed by atoms with Crippen molar-refractivity contribution in [2.75, 3.05) is 5.32 Å². The lowest BCUT2D eigenvalue weighted by molar-refractivity contribution is 1.07. The van der Waals surface area contributed by atoms with Crippen molar-refractivity contribution in [3.8, 4) is 11.1 Å². The van der Waals surface area contributed by atoms with Gasteiger partial charge in [-0.25, -0.2) is 0 Å². The maximum absolute atomic E-state index is 3.74. The Labute approximate surface area is 162 Å². The molecule has 1 N–H and O–H groups in total. The van der Waals surface area contributed by atoms with Crippen LogP contribution in [0.2, 0.25) is 0 Å². The Kier molecular flexibility index (Phi) is 9.90. The van der Waals surface area contributed by atoms with Gasteiger partial charge in [-0.2, -0.15) is 0 Å². The minimum absolute atomic E-state index is 1.02. The zero-order chi connectivity index (χ0) is 18.7. The summed E-state index contributed by atoms with van der Waals surface area (Å²) in [6.07, 6.45) is 6.85. The van der Waals surface area contributed by atoms with Gasteiger partial charge in [-0.05, 0) is 49.6 Å². The van der Waals surface area contributed by atoms with Gasteiger partial charge in [-0.15, -0.1) is 23.3 Å². The van der Waals surface area contributed by atoms with E-state index in [1.165, 1.54) is 22.3 Å². The van der Waals surface area contributed by atoms with Crippen LogP contribution in [0.5, 0.6) is 0 Å². The minimum Gasteiger partial charge on any atom is -0.356 e. The van der Waals surface area contributed by atoms with Gasteiger partial charge in [0.05, 0.1) is 0 Å². The van der Waals surface area contributed by atoms with Crippen molar-refractivity contribution in [2.45, 2.75) is 27.2 Å². The third kappa shape index (κ3) is 6.89. The standard InChI is InChI=1S/C22H25N.H2S2/c1-5-7-8-22(18(4)6-2)23-21-15-13-20(14-16-21)19-11-9-17(3)10-12-19;1-2/h5,7-16,23H,1,6H2,2-4H3;1-2H/b8-7-,22-18-;. The summed E-state index contributed by atoms with van der Waals surface area (Å²) in [5.41, 5.74) is 7.31. The maximum Gasteiger partial charge on any atom is 0.0384 e. The van der Waals surface area contributed by atoms with Gasteiger partial charge in [0.2, 0.25) is 0 Å². The van der Waals surface area contributed by atoms with E-state index in [2.05, 4.69) is 111 Å². The van der Waals surface area contributed by atoms with E-state index in [0.717, 1.165) is 17.8 Å². The molecular formula is C22H27NS2. The molecule has 2 aromatic carbocycles. The summed E-state index contributed by atoms with van der Waals surface area (Å²) in [5, 5.41) is 3.50. The Morgan fingerprint density at radius 1 is 1.00 bits per heavy atom. The van der Waals surface area contributed by atoms with Crippen LogP contribution in [-0.2, 0) is 0 Å². The molecule has 0 fully saturated rings. The summed E-state index contributed by atoms with van der Waals surface area (Å²) in [7, 11) is 0. The monoisotopic (exact) mass is 369 g/mol. The number of rotatable bonds is 6. The van der Waals surface area contributed by atoms with Crippen molar-refractivity contribution in [3.63, 3.8) is 0 Å². The van der Waals surface area contributed by atoms with Crippen LogP contribution in [0.1, 0.15) is 25.8 Å². The number of anilines is 1. The average Bonchev–Trinajstić information content (AvgIpc) is 2.67. The Bertz CT molecular complexity index is 711. The molecule has 0 unspecified atom stereocenters. The molecule has 2 rings (SSSR count). The molecule has 0 saturated carbocycles. The molecule has 0 amide bonds. The summed E-state index contributed by atoms with van der Waals surface area (Å²) in [4.78, 5) is 0. The molecule has 0 aliphatic carbocycles. The smallest absolute Gasteiger partial charge is 0.0384 e. The lowest BCUT2D eigenvalue weighted by atomic mass is 10.0. The predicted octanol–water partition coefficient (Wildman–Crippen LogP) is 7.26. The fourth-order valence-corrected chi connectivity index (χ4v) is 2.29. The normalized spacial score (nSPS) is 11.4. The number of aryl methyl sites for hydroxylation is 1. The maximum atomic E-state index is 3.74. The fourth-order valence-electron chi connectivity index (χ4n) is 2.29. The molecule has 0 saturated heterocycles. The third-order valence-electron chi connectivity index (χ3n) is 3.94. The van der Waals surface area contributed by atoms with Crippen LogP contribution in [0.3, 0.4) is 0 Å². The van der Waals surface area contributed by atoms with Gasteiger partial charge in [0, 0.05) is 11.4 Å². The van der Waals surface area contributed by atoms with Crippen LogP contribution in [0, 0.1) is 6.92 Å². The highest BCUT2D eigenvalue weighted by atomic mass is 33.1. The van der Waals surface area contributed by atoms with Gasteiger partial charge in [0.25, 0.3) is 0 Å². The highest BCUT2D eigenvalue weighted by Gasteiger charge is 2.01. The SMILES string of the molecule is C=C/C=C\C(Nc1ccc(-c2ccc(C)cc2)cc1)=C(/C)CC.SS. The lowest BCUT2D eigenvalue weighted by Gasteiger charge is -2.12. The number of allylic oxidation sites excluding steroid dienone is 4. The molecule has 2 aromatic rings. The van der Waals surface area contributed by atoms with E-state index in [-0.39, 0.29) is 0 Å². The third-order valence-corrected chi connectivity index (χ3v) is 3.94. The Morgan fingerprint density at radius 2 is 1.52 bits per heavy atom. The van der Waals surface area contributed by atoms with Gasteiger partial charge >= 0.3 is 0 Å². The Morgan fingerprint density at radius 3 is 2.00 bits per heavy atom. The molecule has 132 valence electrons. The fraction of sp³-hybridized carbons (Fsp3) is 0.182. The molecule has 0 heterocycles. The summed E-state index contributed by atoms with van der Waals surface area (Å²) >= 11 is 6.44. The summed E-state index contributed by atoms with van der Waals surface area (Å²) < 4.78 is 0. The molecule has 0 radical (unpaired) electrons. The zero-order valence-electron chi connectivity index (χ0n) is 15.2. The topological polar surface area (TPSA) is 12.0 Å². The van der Waals surface area contributed by atoms with Gasteiger partial charge in [0.15, 0.2) is 0 Å². The van der Waals surface area contributed by atoms with E-state index in [4.69, 9.17) is 0 Å². The average molecular weight is 370 g/mol. The van der Waals surface area contributed by atoms with Crippen LogP contribution in [0.15, 0.2) is 84.6 Å². The number of nitrogens with one attached hydrogen (secondary N) is 1. The Balaban J connectivity index is 0.00000151. The second-order valence-corrected chi connectivity index (χ2v) is 5.71. The van der Waals surface area contributed by atoms with Gasteiger partial charge in [-0.1, -0.05) is 73.2 Å². The van der Waals surface area contributed by atoms with E-state index < -0.39 is 0 Å². The zero-order valence-corrected chi connectivity index (χ0v) is 16.9. The van der Waals surface area contributed by atoms with Crippen molar-refractivity contribution in [1.82, 2.24) is 0 Å². The van der Waals surface area contributed by atoms with Gasteiger partial charge in [0.1, 0.15) is 0 Å². The van der Waals surface area contributed by atoms with Crippen molar-refractivity contribution in [2.24, 2.45) is 0 Å². The lowest BCUT2D eigenvalue weighted by Crippen LogP contribution is -1.99. The highest BCUT2D eigenvalue weighted by Crippen LogP contribution is 2.23. The molecule has 0 aliphatic rings. The molecule has 0 spiro atoms. The first-order chi connectivity index (χ1) is 12.1. The predicted molar refractivity (Wildman–Crippen MR) is 121 cm³/mol. The Hall–Kier alpha value is -1.84. The number of hydrogen-bond donors (Lipinski definition) is 3. The summed E-state index contributed by atoms with van der Waals surface area (Å²) in [5.74, 6) is 0. The first-order valence-corrected chi connectivity index (χ1v) is 9.87. The number of thiol groups is 2. The molecule has 0 atom stereocenters. The van der Waals surface area contributed by atoms with Gasteiger partial charge in [-0.3, -0.25) is 0 Å². The quantitative estimate of drug-likeness (QED) is 0.276. The second-order valence-electron chi connectivity index (χ2n) is 5.71. The molecule has 0 aliphatic heterocycles. The van der Waals surface area contributed by atoms with E-state index in [9.17, 15) is 0 Å². The number of benzene rings is 2. The van der Waals surface area contributed by atoms with Crippen molar-refractivity contribution < 1.29 is 0 Å². The van der Waals surface area contributed by atoms with E-state index in [1.54, 1.807) is 6.08 Å². The first kappa shape index (κ1) is 21.2. The number of hydrogen-bond acceptors (Lipinski definition) is 3. The van der Waals surface area contributed by atoms with Crippen LogP contribution in [0.4, 0.5) is 5.69 Å². The summed E-state index contributed by atoms with van der Waals surface area (Å²) in [6, 6.07) is 17.2. The van der Waals surface area contributed by atoms with E-state index in [1.807, 2.05) is 6.08 Å². The first-order valence-electron chi connectivity index (χ1n) is 8.27. The van der Waals surface area contributed by atoms with Crippen molar-refractivity contribution in [3.05, 3.63) is 90.2 Å². The molecule has 1 nitrogen and oxygen atoms in total. The van der Waals surface area contributed by atoms with Crippen molar-refractivity contribution >= 4 is 29.0 Å². The van der Waals surface area contributed by atoms with E-state index >= 15 is 0 Å². The molecule has 25 heavy (non-hydrogen) atoms. The minimum atomic E-state index is 1.02. The molecule has 0 aromatic heterocycles. The molecular weight excluding hydrogens is 342 g/mol. The van der Waals surface area contributed by atoms with Crippen molar-refractivity contribution in [1.29, 1.82) is 0 Å². The molecule has 3 heteroatoms. The van der Waals surface area contributed by atoms with Gasteiger partial charge < -0.3 is 5.32 Å². The summed E-state index contributed by atoms with van der Waals surface area (Å²) in [6.45, 7) is 10.2. The van der Waals surface area contributed by atoms with Crippen LogP contribution >= 0.6 is 23.3 Å². The van der Waals surface area contributed by atoms with E-state index in [0.29, 0.717) is 0 Å². The molecule has 0 bridgehead atoms.